The molecule has 0 spiro atoms. The van der Waals surface area contributed by atoms with Crippen LogP contribution in [0.4, 0.5) is 0 Å². The largest absolute Gasteiger partial charge is 0.381 e. The van der Waals surface area contributed by atoms with Crippen molar-refractivity contribution in [2.45, 2.75) is 38.6 Å². The highest BCUT2D eigenvalue weighted by Crippen LogP contribution is 2.31. The molecule has 1 amide bonds. The second-order valence-electron chi connectivity index (χ2n) is 6.21. The van der Waals surface area contributed by atoms with Crippen LogP contribution in [0.5, 0.6) is 0 Å². The summed E-state index contributed by atoms with van der Waals surface area (Å²) >= 11 is 0. The molecule has 132 valence electrons. The number of likely N-dealkylation sites (N-methyl/N-ethyl adjacent to an activating group) is 2. The van der Waals surface area contributed by atoms with Gasteiger partial charge >= 0.3 is 0 Å². The highest BCUT2D eigenvalue weighted by atomic mass is 35.5. The number of nitrogens with two attached hydrogens (primary N) is 1. The van der Waals surface area contributed by atoms with E-state index in [4.69, 9.17) is 10.5 Å². The fourth-order valence-corrected chi connectivity index (χ4v) is 3.59. The van der Waals surface area contributed by atoms with Crippen LogP contribution in [-0.4, -0.2) is 68.2 Å². The minimum absolute atomic E-state index is 0. The van der Waals surface area contributed by atoms with Gasteiger partial charge in [-0.05, 0) is 38.8 Å². The Balaban J connectivity index is 0.00000220. The van der Waals surface area contributed by atoms with Gasteiger partial charge in [0.25, 0.3) is 0 Å². The van der Waals surface area contributed by atoms with E-state index in [0.29, 0.717) is 25.8 Å². The molecular weight excluding hydrogens is 325 g/mol. The minimum Gasteiger partial charge on any atom is -0.381 e. The Hall–Kier alpha value is -0.0700. The van der Waals surface area contributed by atoms with Crippen LogP contribution in [0.25, 0.3) is 0 Å². The first-order chi connectivity index (χ1) is 9.63. The Labute approximate surface area is 146 Å². The van der Waals surface area contributed by atoms with E-state index in [1.807, 2.05) is 11.9 Å². The molecule has 2 rings (SSSR count). The predicted octanol–water partition coefficient (Wildman–Crippen LogP) is 1.53. The molecule has 2 heterocycles. The van der Waals surface area contributed by atoms with Crippen LogP contribution in [0.1, 0.15) is 32.6 Å². The molecule has 0 aromatic heterocycles. The Morgan fingerprint density at radius 3 is 2.55 bits per heavy atom. The van der Waals surface area contributed by atoms with Gasteiger partial charge in [-0.25, -0.2) is 0 Å². The van der Waals surface area contributed by atoms with E-state index < -0.39 is 0 Å². The quantitative estimate of drug-likeness (QED) is 0.812. The maximum absolute atomic E-state index is 12.8. The summed E-state index contributed by atoms with van der Waals surface area (Å²) in [5, 5.41) is 0. The first-order valence-electron chi connectivity index (χ1n) is 7.90. The van der Waals surface area contributed by atoms with Crippen LogP contribution in [0, 0.1) is 5.41 Å². The Bertz CT molecular complexity index is 339. The number of ether oxygens (including phenoxy) is 1. The van der Waals surface area contributed by atoms with Crippen molar-refractivity contribution in [3.63, 3.8) is 0 Å². The number of likely N-dealkylation sites (tertiary alicyclic amines) is 1. The van der Waals surface area contributed by atoms with Crippen molar-refractivity contribution < 1.29 is 9.53 Å². The lowest BCUT2D eigenvalue weighted by Gasteiger charge is -2.39. The van der Waals surface area contributed by atoms with Gasteiger partial charge in [0.2, 0.25) is 5.91 Å². The number of hydrogen-bond donors (Lipinski definition) is 1. The monoisotopic (exact) mass is 355 g/mol. The molecule has 0 aromatic rings. The van der Waals surface area contributed by atoms with Crippen molar-refractivity contribution >= 4 is 30.7 Å². The number of halogens is 2. The molecular formula is C15H31Cl2N3O2. The smallest absolute Gasteiger partial charge is 0.230 e. The van der Waals surface area contributed by atoms with Gasteiger partial charge in [-0.15, -0.1) is 24.8 Å². The zero-order valence-corrected chi connectivity index (χ0v) is 15.4. The van der Waals surface area contributed by atoms with E-state index >= 15 is 0 Å². The van der Waals surface area contributed by atoms with Crippen LogP contribution in [0.3, 0.4) is 0 Å². The number of nitrogens with zero attached hydrogens (tertiary/aromatic N) is 2. The molecule has 7 heteroatoms. The Morgan fingerprint density at radius 2 is 2.00 bits per heavy atom. The first-order valence-corrected chi connectivity index (χ1v) is 7.90. The molecule has 1 unspecified atom stereocenters. The van der Waals surface area contributed by atoms with Crippen molar-refractivity contribution in [2.75, 3.05) is 46.4 Å². The van der Waals surface area contributed by atoms with Gasteiger partial charge < -0.3 is 15.4 Å². The summed E-state index contributed by atoms with van der Waals surface area (Å²) in [6, 6.07) is 0.517. The Kier molecular flexibility index (Phi) is 9.90. The highest BCUT2D eigenvalue weighted by molar-refractivity contribution is 5.85. The maximum Gasteiger partial charge on any atom is 0.230 e. The maximum atomic E-state index is 12.8. The molecule has 22 heavy (non-hydrogen) atoms. The number of carbonyl (C=O) groups excluding carboxylic acids is 1. The third-order valence-corrected chi connectivity index (χ3v) is 5.03. The summed E-state index contributed by atoms with van der Waals surface area (Å²) in [6.45, 7) is 7.00. The lowest BCUT2D eigenvalue weighted by Crippen LogP contribution is -2.52. The second-order valence-corrected chi connectivity index (χ2v) is 6.21. The molecule has 2 N–H and O–H groups in total. The molecule has 0 aliphatic carbocycles. The van der Waals surface area contributed by atoms with E-state index in [-0.39, 0.29) is 36.1 Å². The van der Waals surface area contributed by atoms with Gasteiger partial charge in [0, 0.05) is 39.4 Å². The van der Waals surface area contributed by atoms with Crippen molar-refractivity contribution in [3.05, 3.63) is 0 Å². The fourth-order valence-electron chi connectivity index (χ4n) is 3.59. The van der Waals surface area contributed by atoms with Gasteiger partial charge in [0.05, 0.1) is 5.41 Å². The first kappa shape index (κ1) is 21.9. The summed E-state index contributed by atoms with van der Waals surface area (Å²) in [5.41, 5.74) is 5.54. The van der Waals surface area contributed by atoms with Gasteiger partial charge in [-0.3, -0.25) is 9.69 Å². The molecule has 5 nitrogen and oxygen atoms in total. The summed E-state index contributed by atoms with van der Waals surface area (Å²) < 4.78 is 5.39. The number of carbonyl (C=O) groups is 1. The van der Waals surface area contributed by atoms with Crippen LogP contribution in [0.15, 0.2) is 0 Å². The molecule has 2 aliphatic rings. The molecule has 2 fully saturated rings. The number of rotatable bonds is 5. The van der Waals surface area contributed by atoms with Crippen LogP contribution >= 0.6 is 24.8 Å². The van der Waals surface area contributed by atoms with E-state index in [1.165, 1.54) is 19.4 Å². The van der Waals surface area contributed by atoms with E-state index in [2.05, 4.69) is 11.8 Å². The average Bonchev–Trinajstić information content (AvgIpc) is 2.94. The normalized spacial score (nSPS) is 24.2. The summed E-state index contributed by atoms with van der Waals surface area (Å²) in [4.78, 5) is 17.2. The SMILES string of the molecule is CCN1CCCC1CN(C)C(=O)C1(CN)CCOCC1.Cl.Cl. The third kappa shape index (κ3) is 4.71. The molecule has 0 aromatic carbocycles. The molecule has 0 radical (unpaired) electrons. The molecule has 2 aliphatic heterocycles. The summed E-state index contributed by atoms with van der Waals surface area (Å²) in [5.74, 6) is 0.214. The summed E-state index contributed by atoms with van der Waals surface area (Å²) in [7, 11) is 1.93. The van der Waals surface area contributed by atoms with Gasteiger partial charge in [-0.1, -0.05) is 6.92 Å². The standard InChI is InChI=1S/C15H29N3O2.2ClH/c1-3-18-8-4-5-13(18)11-17(2)14(19)15(12-16)6-9-20-10-7-15;;/h13H,3-12,16H2,1-2H3;2*1H. The van der Waals surface area contributed by atoms with Crippen LogP contribution < -0.4 is 5.73 Å². The van der Waals surface area contributed by atoms with Gasteiger partial charge in [0.1, 0.15) is 0 Å². The minimum atomic E-state index is -0.386. The van der Waals surface area contributed by atoms with Crippen LogP contribution in [0.2, 0.25) is 0 Å². The van der Waals surface area contributed by atoms with E-state index in [0.717, 1.165) is 25.9 Å². The van der Waals surface area contributed by atoms with Crippen molar-refractivity contribution in [3.8, 4) is 0 Å². The highest BCUT2D eigenvalue weighted by Gasteiger charge is 2.41. The number of hydrogen-bond acceptors (Lipinski definition) is 4. The van der Waals surface area contributed by atoms with E-state index in [1.54, 1.807) is 0 Å². The average molecular weight is 356 g/mol. The van der Waals surface area contributed by atoms with Gasteiger partial charge in [0.15, 0.2) is 0 Å². The predicted molar refractivity (Wildman–Crippen MR) is 93.9 cm³/mol. The van der Waals surface area contributed by atoms with Crippen molar-refractivity contribution in [1.29, 1.82) is 0 Å². The fraction of sp³-hybridized carbons (Fsp3) is 0.933. The molecule has 1 atom stereocenters. The van der Waals surface area contributed by atoms with Crippen LogP contribution in [-0.2, 0) is 9.53 Å². The zero-order valence-electron chi connectivity index (χ0n) is 13.8. The molecule has 0 bridgehead atoms. The van der Waals surface area contributed by atoms with Crippen molar-refractivity contribution in [1.82, 2.24) is 9.80 Å². The zero-order chi connectivity index (χ0) is 14.6. The van der Waals surface area contributed by atoms with E-state index in [9.17, 15) is 4.79 Å². The topological polar surface area (TPSA) is 58.8 Å². The second kappa shape index (κ2) is 9.93. The van der Waals surface area contributed by atoms with Crippen molar-refractivity contribution in [2.24, 2.45) is 11.1 Å². The van der Waals surface area contributed by atoms with Gasteiger partial charge in [-0.2, -0.15) is 0 Å². The Morgan fingerprint density at radius 1 is 1.36 bits per heavy atom. The lowest BCUT2D eigenvalue weighted by atomic mass is 9.79. The molecule has 0 saturated carbocycles. The number of amides is 1. The summed E-state index contributed by atoms with van der Waals surface area (Å²) in [6.07, 6.45) is 3.96. The third-order valence-electron chi connectivity index (χ3n) is 5.03. The lowest BCUT2D eigenvalue weighted by molar-refractivity contribution is -0.146. The molecule has 2 saturated heterocycles.